The van der Waals surface area contributed by atoms with Gasteiger partial charge < -0.3 is 9.73 Å². The normalized spacial score (nSPS) is 10.8. The van der Waals surface area contributed by atoms with Gasteiger partial charge >= 0.3 is 5.88 Å². The number of para-hydroxylation sites is 1. The molecule has 104 valence electrons. The lowest BCUT2D eigenvalue weighted by atomic mass is 10.3. The van der Waals surface area contributed by atoms with Gasteiger partial charge in [-0.2, -0.15) is 0 Å². The Balaban J connectivity index is 1.91. The topological polar surface area (TPSA) is 68.3 Å². The summed E-state index contributed by atoms with van der Waals surface area (Å²) in [4.78, 5) is 11.1. The standard InChI is InChI=1S/C14H14N2O3S/c1-20-13-7-3-2-6-12(13)15-10-4-5-11-8-9-14(19-11)16(17)18/h2-9,15H,10H2,1H3/b5-4+. The molecule has 5 nitrogen and oxygen atoms in total. The fourth-order valence-corrected chi connectivity index (χ4v) is 2.24. The first-order valence-electron chi connectivity index (χ1n) is 5.98. The Morgan fingerprint density at radius 1 is 1.35 bits per heavy atom. The molecular weight excluding hydrogens is 276 g/mol. The molecule has 1 aromatic carbocycles. The van der Waals surface area contributed by atoms with Crippen molar-refractivity contribution in [3.8, 4) is 0 Å². The summed E-state index contributed by atoms with van der Waals surface area (Å²) in [7, 11) is 0. The number of anilines is 1. The first-order valence-corrected chi connectivity index (χ1v) is 7.21. The van der Waals surface area contributed by atoms with Crippen LogP contribution in [0.25, 0.3) is 6.08 Å². The van der Waals surface area contributed by atoms with Crippen molar-refractivity contribution in [1.82, 2.24) is 0 Å². The number of benzene rings is 1. The van der Waals surface area contributed by atoms with Gasteiger partial charge in [-0.15, -0.1) is 11.8 Å². The van der Waals surface area contributed by atoms with Crippen molar-refractivity contribution in [2.24, 2.45) is 0 Å². The van der Waals surface area contributed by atoms with Gasteiger partial charge in [0.15, 0.2) is 0 Å². The Morgan fingerprint density at radius 2 is 2.15 bits per heavy atom. The molecule has 0 aliphatic heterocycles. The van der Waals surface area contributed by atoms with Crippen LogP contribution in [-0.2, 0) is 0 Å². The van der Waals surface area contributed by atoms with Crippen LogP contribution < -0.4 is 5.32 Å². The van der Waals surface area contributed by atoms with Gasteiger partial charge in [0.2, 0.25) is 0 Å². The maximum atomic E-state index is 10.5. The Hall–Kier alpha value is -2.21. The van der Waals surface area contributed by atoms with E-state index in [9.17, 15) is 10.1 Å². The fourth-order valence-electron chi connectivity index (χ4n) is 1.66. The first-order chi connectivity index (χ1) is 9.70. The minimum Gasteiger partial charge on any atom is -0.401 e. The number of rotatable bonds is 6. The zero-order valence-electron chi connectivity index (χ0n) is 10.9. The molecule has 0 amide bonds. The van der Waals surface area contributed by atoms with E-state index >= 15 is 0 Å². The van der Waals surface area contributed by atoms with Crippen LogP contribution in [0.5, 0.6) is 0 Å². The minimum absolute atomic E-state index is 0.245. The van der Waals surface area contributed by atoms with Gasteiger partial charge in [0.1, 0.15) is 10.7 Å². The van der Waals surface area contributed by atoms with Crippen LogP contribution in [0.3, 0.4) is 0 Å². The van der Waals surface area contributed by atoms with E-state index in [-0.39, 0.29) is 5.88 Å². The predicted molar refractivity (Wildman–Crippen MR) is 81.1 cm³/mol. The molecule has 0 fully saturated rings. The largest absolute Gasteiger partial charge is 0.433 e. The molecule has 0 bridgehead atoms. The van der Waals surface area contributed by atoms with Crippen LogP contribution >= 0.6 is 11.8 Å². The Kier molecular flexibility index (Phi) is 4.84. The lowest BCUT2D eigenvalue weighted by molar-refractivity contribution is -0.402. The Morgan fingerprint density at radius 3 is 2.85 bits per heavy atom. The van der Waals surface area contributed by atoms with E-state index < -0.39 is 4.92 Å². The van der Waals surface area contributed by atoms with E-state index in [1.54, 1.807) is 23.9 Å². The van der Waals surface area contributed by atoms with Gasteiger partial charge in [0.05, 0.1) is 6.07 Å². The molecule has 20 heavy (non-hydrogen) atoms. The quantitative estimate of drug-likeness (QED) is 0.494. The molecule has 0 saturated heterocycles. The molecule has 0 aliphatic carbocycles. The highest BCUT2D eigenvalue weighted by molar-refractivity contribution is 7.98. The monoisotopic (exact) mass is 290 g/mol. The number of nitro groups is 1. The third kappa shape index (κ3) is 3.64. The van der Waals surface area contributed by atoms with Gasteiger partial charge in [-0.3, -0.25) is 10.1 Å². The molecule has 0 aliphatic rings. The zero-order valence-corrected chi connectivity index (χ0v) is 11.7. The molecule has 2 rings (SSSR count). The van der Waals surface area contributed by atoms with E-state index in [4.69, 9.17) is 4.42 Å². The van der Waals surface area contributed by atoms with Crippen molar-refractivity contribution in [1.29, 1.82) is 0 Å². The summed E-state index contributed by atoms with van der Waals surface area (Å²) >= 11 is 1.68. The number of thioether (sulfide) groups is 1. The Bertz CT molecular complexity index is 622. The van der Waals surface area contributed by atoms with Crippen LogP contribution in [0.1, 0.15) is 5.76 Å². The molecule has 0 saturated carbocycles. The number of hydrogen-bond donors (Lipinski definition) is 1. The van der Waals surface area contributed by atoms with Gasteiger partial charge in [0.25, 0.3) is 0 Å². The van der Waals surface area contributed by atoms with Gasteiger partial charge in [-0.25, -0.2) is 0 Å². The summed E-state index contributed by atoms with van der Waals surface area (Å²) in [5, 5.41) is 13.8. The molecule has 1 heterocycles. The third-order valence-corrected chi connectivity index (χ3v) is 3.39. The Labute approximate surface area is 120 Å². The van der Waals surface area contributed by atoms with Crippen LogP contribution in [0.2, 0.25) is 0 Å². The molecule has 0 spiro atoms. The molecule has 0 unspecified atom stereocenters. The van der Waals surface area contributed by atoms with E-state index in [2.05, 4.69) is 5.32 Å². The van der Waals surface area contributed by atoms with Gasteiger partial charge in [-0.1, -0.05) is 18.2 Å². The second-order valence-electron chi connectivity index (χ2n) is 3.92. The van der Waals surface area contributed by atoms with E-state index in [1.807, 2.05) is 36.6 Å². The minimum atomic E-state index is -0.551. The van der Waals surface area contributed by atoms with Crippen LogP contribution in [0.4, 0.5) is 11.6 Å². The second kappa shape index (κ2) is 6.81. The molecule has 6 heteroatoms. The predicted octanol–water partition coefficient (Wildman–Crippen LogP) is 4.04. The zero-order chi connectivity index (χ0) is 14.4. The highest BCUT2D eigenvalue weighted by Crippen LogP contribution is 2.24. The lowest BCUT2D eigenvalue weighted by Crippen LogP contribution is -1.98. The maximum absolute atomic E-state index is 10.5. The average Bonchev–Trinajstić information content (AvgIpc) is 2.93. The summed E-state index contributed by atoms with van der Waals surface area (Å²) in [5.74, 6) is 0.224. The van der Waals surface area contributed by atoms with E-state index in [0.717, 1.165) is 5.69 Å². The summed E-state index contributed by atoms with van der Waals surface area (Å²) < 4.78 is 5.02. The molecular formula is C14H14N2O3S. The SMILES string of the molecule is CSc1ccccc1NC/C=C/c1ccc([N+](=O)[O-])o1. The number of furan rings is 1. The highest BCUT2D eigenvalue weighted by Gasteiger charge is 2.09. The molecule has 0 atom stereocenters. The van der Waals surface area contributed by atoms with Crippen molar-refractivity contribution in [3.63, 3.8) is 0 Å². The molecule has 2 aromatic rings. The van der Waals surface area contributed by atoms with Crippen molar-refractivity contribution in [3.05, 3.63) is 58.3 Å². The summed E-state index contributed by atoms with van der Waals surface area (Å²) in [6.45, 7) is 0.617. The van der Waals surface area contributed by atoms with Gasteiger partial charge in [0, 0.05) is 17.1 Å². The van der Waals surface area contributed by atoms with E-state index in [1.165, 1.54) is 11.0 Å². The summed E-state index contributed by atoms with van der Waals surface area (Å²) in [6.07, 6.45) is 5.60. The molecule has 1 aromatic heterocycles. The third-order valence-electron chi connectivity index (χ3n) is 2.59. The second-order valence-corrected chi connectivity index (χ2v) is 4.76. The fraction of sp³-hybridized carbons (Fsp3) is 0.143. The number of hydrogen-bond acceptors (Lipinski definition) is 5. The van der Waals surface area contributed by atoms with E-state index in [0.29, 0.717) is 12.3 Å². The highest BCUT2D eigenvalue weighted by atomic mass is 32.2. The molecule has 0 radical (unpaired) electrons. The molecule has 1 N–H and O–H groups in total. The van der Waals surface area contributed by atoms with Gasteiger partial charge in [-0.05, 0) is 30.5 Å². The van der Waals surface area contributed by atoms with Crippen molar-refractivity contribution < 1.29 is 9.34 Å². The average molecular weight is 290 g/mol. The number of nitrogens with one attached hydrogen (secondary N) is 1. The first kappa shape index (κ1) is 14.2. The summed E-state index contributed by atoms with van der Waals surface area (Å²) in [6, 6.07) is 10.9. The van der Waals surface area contributed by atoms with Crippen molar-refractivity contribution >= 4 is 29.4 Å². The number of nitrogens with zero attached hydrogens (tertiary/aromatic N) is 1. The lowest BCUT2D eigenvalue weighted by Gasteiger charge is -2.07. The smallest absolute Gasteiger partial charge is 0.401 e. The maximum Gasteiger partial charge on any atom is 0.433 e. The van der Waals surface area contributed by atoms with Crippen LogP contribution in [0.15, 0.2) is 51.8 Å². The van der Waals surface area contributed by atoms with Crippen LogP contribution in [-0.4, -0.2) is 17.7 Å². The van der Waals surface area contributed by atoms with Crippen molar-refractivity contribution in [2.75, 3.05) is 18.1 Å². The van der Waals surface area contributed by atoms with Crippen LogP contribution in [0, 0.1) is 10.1 Å². The van der Waals surface area contributed by atoms with Crippen molar-refractivity contribution in [2.45, 2.75) is 4.90 Å². The summed E-state index contributed by atoms with van der Waals surface area (Å²) in [5.41, 5.74) is 1.06.